The number of carbonyl (C=O) groups is 1. The van der Waals surface area contributed by atoms with Crippen molar-refractivity contribution < 1.29 is 14.3 Å². The lowest BCUT2D eigenvalue weighted by molar-refractivity contribution is 0.0526. The smallest absolute Gasteiger partial charge is 0.407 e. The second-order valence-electron chi connectivity index (χ2n) is 8.21. The van der Waals surface area contributed by atoms with Crippen LogP contribution in [0.4, 0.5) is 10.5 Å². The molecule has 2 aromatic carbocycles. The average Bonchev–Trinajstić information content (AvgIpc) is 2.66. The van der Waals surface area contributed by atoms with Crippen LogP contribution < -0.4 is 15.4 Å². The zero-order valence-electron chi connectivity index (χ0n) is 17.1. The van der Waals surface area contributed by atoms with Crippen molar-refractivity contribution in [2.45, 2.75) is 51.2 Å². The lowest BCUT2D eigenvalue weighted by Crippen LogP contribution is -2.34. The monoisotopic (exact) mass is 382 g/mol. The quantitative estimate of drug-likeness (QED) is 0.741. The van der Waals surface area contributed by atoms with Gasteiger partial charge in [-0.25, -0.2) is 4.79 Å². The first-order valence-electron chi connectivity index (χ1n) is 9.82. The number of rotatable bonds is 5. The summed E-state index contributed by atoms with van der Waals surface area (Å²) in [6.45, 7) is 6.17. The van der Waals surface area contributed by atoms with Gasteiger partial charge in [0.15, 0.2) is 0 Å². The summed E-state index contributed by atoms with van der Waals surface area (Å²) < 4.78 is 10.8. The van der Waals surface area contributed by atoms with E-state index in [9.17, 15) is 4.79 Å². The van der Waals surface area contributed by atoms with Gasteiger partial charge in [-0.1, -0.05) is 30.3 Å². The van der Waals surface area contributed by atoms with E-state index in [0.29, 0.717) is 12.5 Å². The van der Waals surface area contributed by atoms with Crippen LogP contribution in [0, 0.1) is 0 Å². The molecule has 2 aromatic rings. The van der Waals surface area contributed by atoms with Gasteiger partial charge in [0.05, 0.1) is 13.2 Å². The van der Waals surface area contributed by atoms with Crippen molar-refractivity contribution in [3.05, 3.63) is 59.7 Å². The Hall–Kier alpha value is -2.69. The minimum atomic E-state index is -0.489. The molecule has 5 nitrogen and oxygen atoms in total. The summed E-state index contributed by atoms with van der Waals surface area (Å²) in [5.41, 5.74) is 3.15. The molecule has 0 spiro atoms. The Balaban J connectivity index is 1.73. The fraction of sp³-hybridized carbons (Fsp3) is 0.435. The molecule has 3 rings (SSSR count). The van der Waals surface area contributed by atoms with Crippen molar-refractivity contribution in [3.8, 4) is 5.75 Å². The molecule has 0 saturated heterocycles. The summed E-state index contributed by atoms with van der Waals surface area (Å²) in [6.07, 6.45) is 1.43. The Morgan fingerprint density at radius 3 is 2.61 bits per heavy atom. The maximum atomic E-state index is 12.0. The number of hydrogen-bond donors (Lipinski definition) is 2. The van der Waals surface area contributed by atoms with E-state index < -0.39 is 5.60 Å². The van der Waals surface area contributed by atoms with Crippen LogP contribution in [-0.2, 0) is 4.74 Å². The highest BCUT2D eigenvalue weighted by Gasteiger charge is 2.28. The molecule has 0 aromatic heterocycles. The van der Waals surface area contributed by atoms with E-state index in [4.69, 9.17) is 9.47 Å². The zero-order chi connectivity index (χ0) is 20.1. The van der Waals surface area contributed by atoms with Gasteiger partial charge < -0.3 is 20.1 Å². The number of methoxy groups -OCH3 is 1. The van der Waals surface area contributed by atoms with Crippen LogP contribution in [0.25, 0.3) is 0 Å². The number of carbonyl (C=O) groups excluding carboxylic acids is 1. The van der Waals surface area contributed by atoms with E-state index in [1.54, 1.807) is 7.11 Å². The fourth-order valence-electron chi connectivity index (χ4n) is 3.64. The molecule has 0 radical (unpaired) electrons. The summed E-state index contributed by atoms with van der Waals surface area (Å²) in [5.74, 6) is 1.16. The number of benzene rings is 2. The lowest BCUT2D eigenvalue weighted by atomic mass is 9.82. The van der Waals surface area contributed by atoms with E-state index >= 15 is 0 Å². The number of alkyl carbamates (subject to hydrolysis) is 1. The molecule has 1 amide bonds. The molecular weight excluding hydrogens is 352 g/mol. The van der Waals surface area contributed by atoms with Crippen LogP contribution in [0.2, 0.25) is 0 Å². The minimum absolute atomic E-state index is 0.244. The topological polar surface area (TPSA) is 59.6 Å². The van der Waals surface area contributed by atoms with Crippen molar-refractivity contribution in [3.63, 3.8) is 0 Å². The first-order chi connectivity index (χ1) is 13.4. The minimum Gasteiger partial charge on any atom is -0.497 e. The van der Waals surface area contributed by atoms with Gasteiger partial charge in [0.1, 0.15) is 11.4 Å². The van der Waals surface area contributed by atoms with Gasteiger partial charge in [0.2, 0.25) is 0 Å². The van der Waals surface area contributed by atoms with Crippen LogP contribution >= 0.6 is 0 Å². The van der Waals surface area contributed by atoms with Gasteiger partial charge in [-0.05, 0) is 68.9 Å². The Morgan fingerprint density at radius 2 is 1.93 bits per heavy atom. The van der Waals surface area contributed by atoms with Crippen molar-refractivity contribution in [1.29, 1.82) is 0 Å². The zero-order valence-corrected chi connectivity index (χ0v) is 17.1. The molecule has 0 bridgehead atoms. The van der Waals surface area contributed by atoms with Gasteiger partial charge >= 0.3 is 6.09 Å². The lowest BCUT2D eigenvalue weighted by Gasteiger charge is -2.34. The second-order valence-corrected chi connectivity index (χ2v) is 8.21. The molecule has 1 heterocycles. The maximum absolute atomic E-state index is 12.0. The maximum Gasteiger partial charge on any atom is 0.407 e. The normalized spacial score (nSPS) is 18.6. The number of hydrogen-bond acceptors (Lipinski definition) is 4. The standard InChI is InChI=1S/C23H30N2O3/c1-23(2,3)28-22(26)24-13-12-17-14-21(16-8-6-5-7-9-16)25-20-11-10-18(27-4)15-19(17)20/h5-11,15,17,21,25H,12-14H2,1-4H3,(H,24,26). The molecule has 1 aliphatic heterocycles. The Kier molecular flexibility index (Phi) is 6.12. The molecule has 150 valence electrons. The molecule has 5 heteroatoms. The number of ether oxygens (including phenoxy) is 2. The highest BCUT2D eigenvalue weighted by molar-refractivity contribution is 5.67. The summed E-state index contributed by atoms with van der Waals surface area (Å²) in [7, 11) is 1.68. The van der Waals surface area contributed by atoms with Gasteiger partial charge in [0, 0.05) is 12.2 Å². The van der Waals surface area contributed by atoms with Crippen molar-refractivity contribution >= 4 is 11.8 Å². The molecule has 0 fully saturated rings. The summed E-state index contributed by atoms with van der Waals surface area (Å²) in [4.78, 5) is 12.0. The SMILES string of the molecule is COc1ccc2c(c1)C(CCNC(=O)OC(C)(C)C)CC(c1ccccc1)N2. The highest BCUT2D eigenvalue weighted by Crippen LogP contribution is 2.43. The van der Waals surface area contributed by atoms with E-state index in [1.807, 2.05) is 32.9 Å². The van der Waals surface area contributed by atoms with Gasteiger partial charge in [-0.3, -0.25) is 0 Å². The largest absolute Gasteiger partial charge is 0.497 e. The fourth-order valence-corrected chi connectivity index (χ4v) is 3.64. The van der Waals surface area contributed by atoms with E-state index in [2.05, 4.69) is 47.0 Å². The Morgan fingerprint density at radius 1 is 1.18 bits per heavy atom. The van der Waals surface area contributed by atoms with Gasteiger partial charge in [0.25, 0.3) is 0 Å². The molecule has 28 heavy (non-hydrogen) atoms. The number of nitrogens with one attached hydrogen (secondary N) is 2. The molecule has 0 saturated carbocycles. The van der Waals surface area contributed by atoms with E-state index in [-0.39, 0.29) is 12.1 Å². The van der Waals surface area contributed by atoms with E-state index in [0.717, 1.165) is 24.3 Å². The van der Waals surface area contributed by atoms with Crippen LogP contribution in [-0.4, -0.2) is 25.3 Å². The molecule has 1 aliphatic rings. The summed E-state index contributed by atoms with van der Waals surface area (Å²) in [6, 6.07) is 16.9. The number of anilines is 1. The molecular formula is C23H30N2O3. The molecule has 2 atom stereocenters. The van der Waals surface area contributed by atoms with Crippen molar-refractivity contribution in [2.75, 3.05) is 19.0 Å². The molecule has 2 N–H and O–H groups in total. The Labute approximate surface area is 167 Å². The van der Waals surface area contributed by atoms with Crippen LogP contribution in [0.15, 0.2) is 48.5 Å². The molecule has 0 aliphatic carbocycles. The van der Waals surface area contributed by atoms with Crippen molar-refractivity contribution in [2.24, 2.45) is 0 Å². The first kappa shape index (κ1) is 20.1. The number of amides is 1. The number of fused-ring (bicyclic) bond motifs is 1. The summed E-state index contributed by atoms with van der Waals surface area (Å²) in [5, 5.41) is 6.54. The van der Waals surface area contributed by atoms with Crippen LogP contribution in [0.1, 0.15) is 56.7 Å². The first-order valence-corrected chi connectivity index (χ1v) is 9.82. The van der Waals surface area contributed by atoms with Crippen molar-refractivity contribution in [1.82, 2.24) is 5.32 Å². The predicted molar refractivity (Wildman–Crippen MR) is 112 cm³/mol. The van der Waals surface area contributed by atoms with E-state index in [1.165, 1.54) is 11.1 Å². The van der Waals surface area contributed by atoms with Gasteiger partial charge in [-0.15, -0.1) is 0 Å². The van der Waals surface area contributed by atoms with Crippen LogP contribution in [0.5, 0.6) is 5.75 Å². The highest BCUT2D eigenvalue weighted by atomic mass is 16.6. The average molecular weight is 383 g/mol. The molecule has 2 unspecified atom stereocenters. The third kappa shape index (κ3) is 5.18. The van der Waals surface area contributed by atoms with Crippen LogP contribution in [0.3, 0.4) is 0 Å². The van der Waals surface area contributed by atoms with Gasteiger partial charge in [-0.2, -0.15) is 0 Å². The third-order valence-corrected chi connectivity index (χ3v) is 4.91. The Bertz CT molecular complexity index is 799. The third-order valence-electron chi connectivity index (χ3n) is 4.91. The second kappa shape index (κ2) is 8.55. The predicted octanol–water partition coefficient (Wildman–Crippen LogP) is 5.25. The summed E-state index contributed by atoms with van der Waals surface area (Å²) >= 11 is 0.